The van der Waals surface area contributed by atoms with Gasteiger partial charge >= 0.3 is 5.97 Å². The Labute approximate surface area is 512 Å². The van der Waals surface area contributed by atoms with E-state index >= 15 is 0 Å². The second-order valence-corrected chi connectivity index (χ2v) is 25.4. The Bertz CT molecular complexity index is 1790. The van der Waals surface area contributed by atoms with Crippen molar-refractivity contribution in [3.8, 4) is 0 Å². The van der Waals surface area contributed by atoms with Crippen molar-refractivity contribution >= 4 is 19.7 Å². The molecule has 0 aromatic heterocycles. The van der Waals surface area contributed by atoms with Gasteiger partial charge in [-0.1, -0.05) is 272 Å². The van der Waals surface area contributed by atoms with Crippen molar-refractivity contribution in [1.82, 2.24) is 5.32 Å². The van der Waals surface area contributed by atoms with Gasteiger partial charge in [0.15, 0.2) is 0 Å². The van der Waals surface area contributed by atoms with Gasteiger partial charge in [-0.15, -0.1) is 0 Å². The molecule has 0 aromatic rings. The average Bonchev–Trinajstić information content (AvgIpc) is 3.46. The maximum Gasteiger partial charge on any atom is 0.306 e. The molecule has 0 aliphatic rings. The topological polar surface area (TPSA) is 114 Å². The fourth-order valence-electron chi connectivity index (χ4n) is 9.44. The number of phosphoric ester groups is 1. The molecule has 0 saturated carbocycles. The molecule has 0 radical (unpaired) electrons. The Kier molecular flexibility index (Phi) is 59.3. The highest BCUT2D eigenvalue weighted by molar-refractivity contribution is 7.45. The second kappa shape index (κ2) is 61.7. The fourth-order valence-corrected chi connectivity index (χ4v) is 10.2. The van der Waals surface area contributed by atoms with E-state index in [9.17, 15) is 19.0 Å². The van der Waals surface area contributed by atoms with Gasteiger partial charge in [0.25, 0.3) is 7.82 Å². The summed E-state index contributed by atoms with van der Waals surface area (Å²) in [6.45, 7) is 6.70. The summed E-state index contributed by atoms with van der Waals surface area (Å²) in [5, 5.41) is 3.03. The van der Waals surface area contributed by atoms with Crippen LogP contribution in [0.5, 0.6) is 0 Å². The van der Waals surface area contributed by atoms with Crippen LogP contribution in [0, 0.1) is 0 Å². The highest BCUT2D eigenvalue weighted by Gasteiger charge is 2.27. The maximum absolute atomic E-state index is 13.6. The molecule has 0 rings (SSSR count). The minimum absolute atomic E-state index is 0.0311. The van der Waals surface area contributed by atoms with E-state index in [0.29, 0.717) is 17.4 Å². The quantitative estimate of drug-likeness (QED) is 0.0212. The van der Waals surface area contributed by atoms with Crippen molar-refractivity contribution in [3.63, 3.8) is 0 Å². The predicted molar refractivity (Wildman–Crippen MR) is 357 cm³/mol. The number of allylic oxidation sites excluding steroid dienone is 17. The number of phosphoric acid groups is 1. The fraction of sp³-hybridized carbons (Fsp3) is 0.726. The van der Waals surface area contributed by atoms with Crippen molar-refractivity contribution < 1.29 is 37.3 Å². The van der Waals surface area contributed by atoms with Crippen LogP contribution < -0.4 is 10.2 Å². The number of amides is 1. The number of nitrogens with one attached hydrogen (secondary N) is 1. The number of carbonyl (C=O) groups excluding carboxylic acids is 2. The number of esters is 1. The SMILES string of the molecule is CC/C=C\C/C=C\C/C=C\C/C=C\C/C=C\C/C=C\CCCCCCCCC(=O)NC(COP(=O)([O-])OCC[N+](C)(C)C)C(/C=C\CCCCCCCCCCCCC)OC(=O)CCCCCCCCCCC/C=C\C/C=C\CCCCC. The maximum atomic E-state index is 13.6. The monoisotopic (exact) mass is 1180 g/mol. The Morgan fingerprint density at radius 3 is 1.18 bits per heavy atom. The van der Waals surface area contributed by atoms with Gasteiger partial charge in [0.1, 0.15) is 19.3 Å². The first-order valence-corrected chi connectivity index (χ1v) is 35.7. The Morgan fingerprint density at radius 1 is 0.434 bits per heavy atom. The van der Waals surface area contributed by atoms with Crippen LogP contribution in [0.4, 0.5) is 0 Å². The smallest absolute Gasteiger partial charge is 0.306 e. The van der Waals surface area contributed by atoms with Gasteiger partial charge in [-0.25, -0.2) is 0 Å². The Balaban J connectivity index is 5.21. The first-order chi connectivity index (χ1) is 40.4. The third-order valence-electron chi connectivity index (χ3n) is 14.7. The van der Waals surface area contributed by atoms with Crippen LogP contribution in [-0.4, -0.2) is 69.4 Å². The van der Waals surface area contributed by atoms with Crippen molar-refractivity contribution in [2.75, 3.05) is 40.9 Å². The van der Waals surface area contributed by atoms with E-state index < -0.39 is 26.6 Å². The largest absolute Gasteiger partial charge is 0.756 e. The summed E-state index contributed by atoms with van der Waals surface area (Å²) < 4.78 is 30.4. The molecule has 0 bridgehead atoms. The van der Waals surface area contributed by atoms with E-state index in [-0.39, 0.29) is 24.9 Å². The molecule has 83 heavy (non-hydrogen) atoms. The molecule has 0 spiro atoms. The van der Waals surface area contributed by atoms with Gasteiger partial charge in [0.05, 0.1) is 33.8 Å². The van der Waals surface area contributed by atoms with Crippen molar-refractivity contribution in [3.05, 3.63) is 109 Å². The van der Waals surface area contributed by atoms with Crippen molar-refractivity contribution in [2.24, 2.45) is 0 Å². The Hall–Kier alpha value is -3.33. The molecule has 3 unspecified atom stereocenters. The zero-order valence-corrected chi connectivity index (χ0v) is 55.5. The highest BCUT2D eigenvalue weighted by Crippen LogP contribution is 2.38. The van der Waals surface area contributed by atoms with Crippen molar-refractivity contribution in [2.45, 2.75) is 303 Å². The van der Waals surface area contributed by atoms with E-state index in [2.05, 4.69) is 123 Å². The minimum atomic E-state index is -4.72. The van der Waals surface area contributed by atoms with Gasteiger partial charge in [-0.3, -0.25) is 14.2 Å². The average molecular weight is 1180 g/mol. The summed E-state index contributed by atoms with van der Waals surface area (Å²) in [6, 6.07) is -0.906. The van der Waals surface area contributed by atoms with Crippen molar-refractivity contribution in [1.29, 1.82) is 0 Å². The first-order valence-electron chi connectivity index (χ1n) is 34.2. The van der Waals surface area contributed by atoms with Gasteiger partial charge in [0, 0.05) is 12.8 Å². The lowest BCUT2D eigenvalue weighted by Gasteiger charge is -2.30. The van der Waals surface area contributed by atoms with Crippen LogP contribution in [0.3, 0.4) is 0 Å². The number of ether oxygens (including phenoxy) is 1. The summed E-state index contributed by atoms with van der Waals surface area (Å²) in [4.78, 5) is 40.2. The summed E-state index contributed by atoms with van der Waals surface area (Å²) in [5.41, 5.74) is 0. The number of carbonyl (C=O) groups is 2. The summed E-state index contributed by atoms with van der Waals surface area (Å²) in [7, 11) is 1.16. The van der Waals surface area contributed by atoms with E-state index in [1.165, 1.54) is 116 Å². The number of rotatable bonds is 61. The van der Waals surface area contributed by atoms with Crippen LogP contribution >= 0.6 is 7.82 Å². The lowest BCUT2D eigenvalue weighted by atomic mass is 10.0. The third kappa shape index (κ3) is 63.0. The molecule has 0 aliphatic heterocycles. The number of hydrogen-bond acceptors (Lipinski definition) is 7. The molecule has 0 aliphatic carbocycles. The van der Waals surface area contributed by atoms with Crippen LogP contribution in [0.2, 0.25) is 0 Å². The zero-order chi connectivity index (χ0) is 60.7. The summed E-state index contributed by atoms with van der Waals surface area (Å²) in [6.07, 6.45) is 84.8. The lowest BCUT2D eigenvalue weighted by Crippen LogP contribution is -2.47. The normalized spacial score (nSPS) is 14.3. The predicted octanol–water partition coefficient (Wildman–Crippen LogP) is 21.0. The first kappa shape index (κ1) is 79.7. The van der Waals surface area contributed by atoms with E-state index in [1.54, 1.807) is 0 Å². The Morgan fingerprint density at radius 2 is 0.771 bits per heavy atom. The van der Waals surface area contributed by atoms with E-state index in [0.717, 1.165) is 141 Å². The third-order valence-corrected chi connectivity index (χ3v) is 15.7. The molecule has 0 fully saturated rings. The number of nitrogens with zero attached hydrogens (tertiary/aromatic N) is 1. The number of unbranched alkanes of at least 4 members (excludes halogenated alkanes) is 29. The molecule has 1 amide bonds. The van der Waals surface area contributed by atoms with E-state index in [4.69, 9.17) is 13.8 Å². The lowest BCUT2D eigenvalue weighted by molar-refractivity contribution is -0.870. The number of hydrogen-bond donors (Lipinski definition) is 1. The number of quaternary nitrogens is 1. The molecule has 478 valence electrons. The van der Waals surface area contributed by atoms with E-state index in [1.807, 2.05) is 33.3 Å². The molecule has 9 nitrogen and oxygen atoms in total. The number of likely N-dealkylation sites (N-methyl/N-ethyl adjacent to an activating group) is 1. The summed E-state index contributed by atoms with van der Waals surface area (Å²) >= 11 is 0. The molecule has 3 atom stereocenters. The molecule has 1 N–H and O–H groups in total. The zero-order valence-electron chi connectivity index (χ0n) is 54.6. The molecule has 0 aromatic carbocycles. The molecule has 10 heteroatoms. The van der Waals surface area contributed by atoms with Gasteiger partial charge in [-0.05, 0) is 115 Å². The molecular formula is C73H129N2O7P. The van der Waals surface area contributed by atoms with Gasteiger partial charge in [0.2, 0.25) is 5.91 Å². The summed E-state index contributed by atoms with van der Waals surface area (Å²) in [5.74, 6) is -0.563. The van der Waals surface area contributed by atoms with Crippen LogP contribution in [-0.2, 0) is 27.9 Å². The highest BCUT2D eigenvalue weighted by atomic mass is 31.2. The molecule has 0 heterocycles. The van der Waals surface area contributed by atoms with Gasteiger partial charge < -0.3 is 28.5 Å². The second-order valence-electron chi connectivity index (χ2n) is 23.9. The van der Waals surface area contributed by atoms with Crippen LogP contribution in [0.15, 0.2) is 109 Å². The minimum Gasteiger partial charge on any atom is -0.756 e. The molecular weight excluding hydrogens is 1050 g/mol. The molecule has 0 saturated heterocycles. The van der Waals surface area contributed by atoms with Crippen LogP contribution in [0.25, 0.3) is 0 Å². The van der Waals surface area contributed by atoms with Gasteiger partial charge in [-0.2, -0.15) is 0 Å². The van der Waals surface area contributed by atoms with Crippen LogP contribution in [0.1, 0.15) is 290 Å². The standard InChI is InChI=1S/C73H129N2O7P/c1-7-10-13-16-19-22-25-28-30-32-34-35-36-37-38-39-41-42-44-47-50-53-56-59-62-65-72(76)74-70(69-81-83(78,79)80-68-67-75(4,5)6)71(64-61-58-55-52-49-46-27-24-21-18-15-12-9-3)82-73(77)66-63-60-57-54-51-48-45-43-40-33-31-29-26-23-20-17-14-11-8-2/h10,13,19-20,22-23,28-31,34-35,37-38,41-42,61,64,70-71H,7-9,11-12,14-18,21,24-27,32-33,36,39-40,43-60,62-63,65-69H2,1-6H3,(H-,74,76,78,79)/b13-10-,22-19-,23-20-,30-28-,31-29-,35-34-,38-37-,42-41-,64-61-.